The lowest BCUT2D eigenvalue weighted by molar-refractivity contribution is 0.331. The van der Waals surface area contributed by atoms with Crippen molar-refractivity contribution in [3.8, 4) is 22.3 Å². The second kappa shape index (κ2) is 17.6. The molecule has 7 aromatic rings. The third kappa shape index (κ3) is 9.38. The van der Waals surface area contributed by atoms with Crippen LogP contribution in [0.4, 0.5) is 0 Å². The van der Waals surface area contributed by atoms with Crippen molar-refractivity contribution in [2.24, 2.45) is 0 Å². The van der Waals surface area contributed by atoms with E-state index in [4.69, 9.17) is 0 Å². The number of rotatable bonds is 4. The summed E-state index contributed by atoms with van der Waals surface area (Å²) in [6.45, 7) is 38.8. The van der Waals surface area contributed by atoms with Gasteiger partial charge in [0.2, 0.25) is 9.84 Å². The van der Waals surface area contributed by atoms with Gasteiger partial charge in [0, 0.05) is 11.8 Å². The summed E-state index contributed by atoms with van der Waals surface area (Å²) >= 11 is 0. The van der Waals surface area contributed by atoms with Crippen LogP contribution in [0.5, 0.6) is 0 Å². The van der Waals surface area contributed by atoms with Crippen LogP contribution in [-0.4, -0.2) is 8.42 Å². The summed E-state index contributed by atoms with van der Waals surface area (Å²) < 4.78 is 28.4. The van der Waals surface area contributed by atoms with E-state index in [-0.39, 0.29) is 33.5 Å². The van der Waals surface area contributed by atoms with E-state index in [2.05, 4.69) is 209 Å². The summed E-state index contributed by atoms with van der Waals surface area (Å²) in [5.41, 5.74) is 23.0. The fourth-order valence-electron chi connectivity index (χ4n) is 11.6. The van der Waals surface area contributed by atoms with E-state index in [1.54, 1.807) is 35.4 Å². The minimum Gasteiger partial charge on any atom is -0.219 e. The quantitative estimate of drug-likeness (QED) is 0.176. The first-order valence-electron chi connectivity index (χ1n) is 26.5. The Labute approximate surface area is 434 Å². The molecule has 0 atom stereocenters. The van der Waals surface area contributed by atoms with Crippen molar-refractivity contribution >= 4 is 9.84 Å². The van der Waals surface area contributed by atoms with E-state index in [0.29, 0.717) is 20.6 Å². The Morgan fingerprint density at radius 2 is 0.667 bits per heavy atom. The highest BCUT2D eigenvalue weighted by Crippen LogP contribution is 2.52. The molecule has 0 heterocycles. The first kappa shape index (κ1) is 51.4. The Hall–Kier alpha value is -5.51. The highest BCUT2D eigenvalue weighted by atomic mass is 32.2. The van der Waals surface area contributed by atoms with Crippen molar-refractivity contribution in [2.75, 3.05) is 0 Å². The monoisotopic (exact) mass is 973 g/mol. The molecule has 72 heavy (non-hydrogen) atoms. The standard InChI is InChI=1S/C54H58O2S.C15H22/c1-51(2,3)35-17-25-41-45(29-35)46-30-36(52(4,5)6)18-26-42(46)49(41)33-13-21-39(22-14-33)57(55,56)40-23-15-34(16-24-40)50-43-27-19-37(53(7,8)9)31-47(43)48-32-38(54(10,11)12)20-28-44(48)50;1-11-6-7-12-13(10-11)15(4,5)9-8-14(12,2)3/h13-32,49-50H,1-12H3;6-7,10H,8-9H2,1-5H3. The molecule has 374 valence electrons. The number of aryl methyl sites for hydroxylation is 1. The molecule has 3 aliphatic rings. The Kier molecular flexibility index (Phi) is 12.5. The maximum absolute atomic E-state index is 14.2. The molecule has 7 aromatic carbocycles. The van der Waals surface area contributed by atoms with Gasteiger partial charge < -0.3 is 0 Å². The summed E-state index contributed by atoms with van der Waals surface area (Å²) in [7, 11) is -3.75. The van der Waals surface area contributed by atoms with Gasteiger partial charge in [-0.3, -0.25) is 0 Å². The van der Waals surface area contributed by atoms with Crippen molar-refractivity contribution in [1.29, 1.82) is 0 Å². The molecule has 0 amide bonds. The smallest absolute Gasteiger partial charge is 0.206 e. The number of hydrogen-bond acceptors (Lipinski definition) is 2. The fraction of sp³-hybridized carbons (Fsp3) is 0.391. The maximum atomic E-state index is 14.2. The first-order valence-corrected chi connectivity index (χ1v) is 28.0. The largest absolute Gasteiger partial charge is 0.219 e. The number of benzene rings is 7. The Morgan fingerprint density at radius 3 is 0.958 bits per heavy atom. The molecule has 0 saturated heterocycles. The van der Waals surface area contributed by atoms with Crippen LogP contribution in [0, 0.1) is 6.92 Å². The highest BCUT2D eigenvalue weighted by Gasteiger charge is 2.38. The fourth-order valence-corrected chi connectivity index (χ4v) is 12.9. The number of fused-ring (bicyclic) bond motifs is 7. The van der Waals surface area contributed by atoms with Gasteiger partial charge in [0.25, 0.3) is 0 Å². The highest BCUT2D eigenvalue weighted by molar-refractivity contribution is 7.91. The van der Waals surface area contributed by atoms with Gasteiger partial charge >= 0.3 is 0 Å². The molecule has 0 N–H and O–H groups in total. The topological polar surface area (TPSA) is 34.1 Å². The van der Waals surface area contributed by atoms with E-state index in [1.807, 2.05) is 24.3 Å². The van der Waals surface area contributed by atoms with Gasteiger partial charge in [0.05, 0.1) is 9.79 Å². The molecule has 0 aromatic heterocycles. The van der Waals surface area contributed by atoms with Crippen LogP contribution in [0.3, 0.4) is 0 Å². The molecular weight excluding hydrogens is 893 g/mol. The van der Waals surface area contributed by atoms with Crippen LogP contribution in [0.1, 0.15) is 208 Å². The van der Waals surface area contributed by atoms with Gasteiger partial charge in [0.1, 0.15) is 0 Å². The van der Waals surface area contributed by atoms with E-state index in [1.165, 1.54) is 85.2 Å². The summed E-state index contributed by atoms with van der Waals surface area (Å²) in [6.07, 6.45) is 2.60. The number of hydrogen-bond donors (Lipinski definition) is 0. The predicted octanol–water partition coefficient (Wildman–Crippen LogP) is 18.4. The van der Waals surface area contributed by atoms with E-state index in [0.717, 1.165) is 11.1 Å². The normalized spacial score (nSPS) is 16.2. The zero-order chi connectivity index (χ0) is 52.3. The van der Waals surface area contributed by atoms with Gasteiger partial charge in [-0.15, -0.1) is 0 Å². The molecule has 0 spiro atoms. The number of sulfone groups is 1. The summed E-state index contributed by atoms with van der Waals surface area (Å²) in [6, 6.07) is 49.9. The molecule has 0 aliphatic heterocycles. The molecule has 2 nitrogen and oxygen atoms in total. The Morgan fingerprint density at radius 1 is 0.375 bits per heavy atom. The third-order valence-corrected chi connectivity index (χ3v) is 18.3. The van der Waals surface area contributed by atoms with E-state index in [9.17, 15) is 8.42 Å². The molecule has 0 bridgehead atoms. The van der Waals surface area contributed by atoms with Gasteiger partial charge in [-0.2, -0.15) is 0 Å². The van der Waals surface area contributed by atoms with Gasteiger partial charge in [-0.05, 0) is 166 Å². The lowest BCUT2D eigenvalue weighted by atomic mass is 9.63. The summed E-state index contributed by atoms with van der Waals surface area (Å²) in [5.74, 6) is 0.0652. The lowest BCUT2D eigenvalue weighted by Gasteiger charge is -2.42. The van der Waals surface area contributed by atoms with Crippen LogP contribution in [0.25, 0.3) is 22.3 Å². The second-order valence-corrected chi connectivity index (χ2v) is 29.0. The molecular formula is C69H80O2S. The predicted molar refractivity (Wildman–Crippen MR) is 305 cm³/mol. The SMILES string of the molecule is CC(C)(C)c1ccc2c(c1)-c1cc(C(C)(C)C)ccc1C2c1ccc(S(=O)(=O)c2ccc(C3c4ccc(C(C)(C)C)cc4-c4cc(C(C)(C)C)ccc43)cc2)cc1.Cc1ccc2c(c1)C(C)(C)CCC2(C)C. The van der Waals surface area contributed by atoms with Crippen molar-refractivity contribution in [1.82, 2.24) is 0 Å². The van der Waals surface area contributed by atoms with Crippen molar-refractivity contribution in [3.63, 3.8) is 0 Å². The summed E-state index contributed by atoms with van der Waals surface area (Å²) in [4.78, 5) is 0.620. The van der Waals surface area contributed by atoms with Gasteiger partial charge in [0.15, 0.2) is 0 Å². The molecule has 10 rings (SSSR count). The van der Waals surface area contributed by atoms with Gasteiger partial charge in [-0.25, -0.2) is 8.42 Å². The zero-order valence-electron chi connectivity index (χ0n) is 46.6. The zero-order valence-corrected chi connectivity index (χ0v) is 47.4. The van der Waals surface area contributed by atoms with Crippen LogP contribution in [-0.2, 0) is 42.3 Å². The minimum atomic E-state index is -3.75. The Balaban J connectivity index is 0.000000364. The van der Waals surface area contributed by atoms with E-state index < -0.39 is 9.84 Å². The Bertz CT molecular complexity index is 3020. The average Bonchev–Trinajstić information content (AvgIpc) is 3.81. The molecule has 0 saturated carbocycles. The van der Waals surface area contributed by atoms with Crippen molar-refractivity contribution < 1.29 is 8.42 Å². The van der Waals surface area contributed by atoms with Crippen LogP contribution >= 0.6 is 0 Å². The maximum Gasteiger partial charge on any atom is 0.206 e. The van der Waals surface area contributed by atoms with E-state index >= 15 is 0 Å². The summed E-state index contributed by atoms with van der Waals surface area (Å²) in [5, 5.41) is 0. The molecule has 0 radical (unpaired) electrons. The molecule has 0 unspecified atom stereocenters. The third-order valence-electron chi connectivity index (χ3n) is 16.6. The first-order chi connectivity index (χ1) is 33.4. The molecule has 3 aliphatic carbocycles. The molecule has 0 fully saturated rings. The van der Waals surface area contributed by atoms with Crippen LogP contribution in [0.2, 0.25) is 0 Å². The average molecular weight is 973 g/mol. The van der Waals surface area contributed by atoms with Gasteiger partial charge in [-0.1, -0.05) is 232 Å². The van der Waals surface area contributed by atoms with Crippen LogP contribution < -0.4 is 0 Å². The minimum absolute atomic E-state index is 0.0293. The second-order valence-electron chi connectivity index (χ2n) is 27.0. The van der Waals surface area contributed by atoms with Crippen molar-refractivity contribution in [3.05, 3.63) is 212 Å². The molecule has 3 heteroatoms. The van der Waals surface area contributed by atoms with Crippen molar-refractivity contribution in [2.45, 2.75) is 185 Å². The lowest BCUT2D eigenvalue weighted by Crippen LogP contribution is -2.33. The van der Waals surface area contributed by atoms with Crippen LogP contribution in [0.15, 0.2) is 149 Å².